The predicted molar refractivity (Wildman–Crippen MR) is 124 cm³/mol. The highest BCUT2D eigenvalue weighted by molar-refractivity contribution is 6.22. The van der Waals surface area contributed by atoms with Crippen molar-refractivity contribution in [3.63, 3.8) is 0 Å². The van der Waals surface area contributed by atoms with E-state index in [1.54, 1.807) is 44.2 Å². The summed E-state index contributed by atoms with van der Waals surface area (Å²) in [5.74, 6) is -2.19. The number of barbiturate groups is 1. The van der Waals surface area contributed by atoms with Crippen LogP contribution in [0.1, 0.15) is 52.0 Å². The zero-order valence-electron chi connectivity index (χ0n) is 20.4. The van der Waals surface area contributed by atoms with E-state index in [1.807, 2.05) is 6.92 Å². The first-order valence-electron chi connectivity index (χ1n) is 11.7. The normalized spacial score (nSPS) is 19.0. The molecule has 1 aliphatic rings. The molecule has 0 aromatic heterocycles. The third-order valence-corrected chi connectivity index (χ3v) is 5.74. The fraction of sp³-hybridized carbons (Fsp3) is 0.542. The molecule has 5 amide bonds. The second-order valence-corrected chi connectivity index (χ2v) is 8.04. The van der Waals surface area contributed by atoms with Crippen LogP contribution < -0.4 is 5.73 Å². The molecule has 11 nitrogen and oxygen atoms in total. The van der Waals surface area contributed by atoms with Gasteiger partial charge < -0.3 is 19.9 Å². The highest BCUT2D eigenvalue weighted by Crippen LogP contribution is 2.37. The smallest absolute Gasteiger partial charge is 0.404 e. The molecule has 0 aliphatic carbocycles. The van der Waals surface area contributed by atoms with Crippen molar-refractivity contribution in [2.24, 2.45) is 5.73 Å². The molecule has 35 heavy (non-hydrogen) atoms. The Kier molecular flexibility index (Phi) is 10.2. The van der Waals surface area contributed by atoms with Crippen LogP contribution in [-0.4, -0.2) is 72.3 Å². The SMILES string of the molecule is CCCCOC[C@@H](CN1C(=O)N(COC(=O)CC)C(=O)[C@](CC)(c2ccccc2)C1=O)OC(N)=O. The molecule has 0 spiro atoms. The van der Waals surface area contributed by atoms with Crippen LogP contribution in [0.4, 0.5) is 9.59 Å². The van der Waals surface area contributed by atoms with Crippen LogP contribution in [0.5, 0.6) is 0 Å². The highest BCUT2D eigenvalue weighted by Gasteiger charge is 2.58. The van der Waals surface area contributed by atoms with Gasteiger partial charge in [0, 0.05) is 13.0 Å². The van der Waals surface area contributed by atoms with E-state index in [4.69, 9.17) is 19.9 Å². The summed E-state index contributed by atoms with van der Waals surface area (Å²) in [6.45, 7) is 4.43. The van der Waals surface area contributed by atoms with Gasteiger partial charge in [-0.1, -0.05) is 57.5 Å². The molecular weight excluding hydrogens is 458 g/mol. The summed E-state index contributed by atoms with van der Waals surface area (Å²) < 4.78 is 15.7. The fourth-order valence-electron chi connectivity index (χ4n) is 3.81. The Morgan fingerprint density at radius 1 is 1.03 bits per heavy atom. The van der Waals surface area contributed by atoms with Crippen LogP contribution in [0.25, 0.3) is 0 Å². The van der Waals surface area contributed by atoms with Crippen LogP contribution in [0.15, 0.2) is 30.3 Å². The maximum absolute atomic E-state index is 13.8. The number of esters is 1. The molecule has 1 heterocycles. The van der Waals surface area contributed by atoms with E-state index >= 15 is 0 Å². The highest BCUT2D eigenvalue weighted by atomic mass is 16.6. The zero-order chi connectivity index (χ0) is 26.0. The lowest BCUT2D eigenvalue weighted by atomic mass is 9.74. The second kappa shape index (κ2) is 12.8. The number of nitrogens with two attached hydrogens (primary N) is 1. The maximum atomic E-state index is 13.8. The number of primary amides is 1. The maximum Gasteiger partial charge on any atom is 0.404 e. The molecule has 1 aromatic carbocycles. The minimum Gasteiger partial charge on any atom is -0.444 e. The van der Waals surface area contributed by atoms with Gasteiger partial charge in [-0.25, -0.2) is 14.5 Å². The third kappa shape index (κ3) is 6.36. The van der Waals surface area contributed by atoms with Gasteiger partial charge in [0.25, 0.3) is 11.8 Å². The molecule has 1 fully saturated rings. The number of imide groups is 2. The molecule has 2 N–H and O–H groups in total. The third-order valence-electron chi connectivity index (χ3n) is 5.74. The average molecular weight is 492 g/mol. The molecule has 1 saturated heterocycles. The summed E-state index contributed by atoms with van der Waals surface area (Å²) in [6.07, 6.45) is -0.432. The van der Waals surface area contributed by atoms with Crippen molar-refractivity contribution >= 4 is 29.9 Å². The number of hydrogen-bond acceptors (Lipinski definition) is 8. The van der Waals surface area contributed by atoms with E-state index < -0.39 is 54.7 Å². The van der Waals surface area contributed by atoms with E-state index in [0.717, 1.165) is 22.6 Å². The number of nitrogens with zero attached hydrogens (tertiary/aromatic N) is 2. The largest absolute Gasteiger partial charge is 0.444 e. The lowest BCUT2D eigenvalue weighted by Crippen LogP contribution is -2.68. The number of amides is 5. The zero-order valence-corrected chi connectivity index (χ0v) is 20.4. The molecular formula is C24H33N3O8. The molecule has 192 valence electrons. The molecule has 2 rings (SSSR count). The number of urea groups is 1. The van der Waals surface area contributed by atoms with Crippen molar-refractivity contribution in [2.45, 2.75) is 58.0 Å². The summed E-state index contributed by atoms with van der Waals surface area (Å²) in [5.41, 5.74) is 3.83. The van der Waals surface area contributed by atoms with Crippen molar-refractivity contribution in [3.8, 4) is 0 Å². The molecule has 11 heteroatoms. The van der Waals surface area contributed by atoms with Crippen molar-refractivity contribution in [1.29, 1.82) is 0 Å². The van der Waals surface area contributed by atoms with Crippen LogP contribution in [0, 0.1) is 0 Å². The molecule has 0 radical (unpaired) electrons. The van der Waals surface area contributed by atoms with Gasteiger partial charge in [-0.15, -0.1) is 0 Å². The van der Waals surface area contributed by atoms with Crippen LogP contribution in [0.2, 0.25) is 0 Å². The van der Waals surface area contributed by atoms with Crippen molar-refractivity contribution in [3.05, 3.63) is 35.9 Å². The van der Waals surface area contributed by atoms with Crippen molar-refractivity contribution in [2.75, 3.05) is 26.5 Å². The van der Waals surface area contributed by atoms with E-state index in [1.165, 1.54) is 0 Å². The summed E-state index contributed by atoms with van der Waals surface area (Å²) in [4.78, 5) is 65.4. The number of ether oxygens (including phenoxy) is 3. The minimum absolute atomic E-state index is 0.0328. The van der Waals surface area contributed by atoms with Crippen LogP contribution >= 0.6 is 0 Å². The van der Waals surface area contributed by atoms with Gasteiger partial charge in [-0.05, 0) is 18.4 Å². The Balaban J connectivity index is 2.46. The number of carbonyl (C=O) groups excluding carboxylic acids is 5. The summed E-state index contributed by atoms with van der Waals surface area (Å²) >= 11 is 0. The monoisotopic (exact) mass is 491 g/mol. The van der Waals surface area contributed by atoms with Gasteiger partial charge in [0.2, 0.25) is 0 Å². The molecule has 0 unspecified atom stereocenters. The van der Waals surface area contributed by atoms with Gasteiger partial charge in [0.15, 0.2) is 12.1 Å². The number of carbonyl (C=O) groups is 5. The van der Waals surface area contributed by atoms with Gasteiger partial charge >= 0.3 is 18.1 Å². The first-order valence-corrected chi connectivity index (χ1v) is 11.7. The molecule has 0 bridgehead atoms. The fourth-order valence-corrected chi connectivity index (χ4v) is 3.81. The van der Waals surface area contributed by atoms with Gasteiger partial charge in [-0.3, -0.25) is 19.3 Å². The molecule has 2 atom stereocenters. The Labute approximate surface area is 204 Å². The van der Waals surface area contributed by atoms with Crippen LogP contribution in [0.3, 0.4) is 0 Å². The summed E-state index contributed by atoms with van der Waals surface area (Å²) in [7, 11) is 0. The Morgan fingerprint density at radius 3 is 2.26 bits per heavy atom. The lowest BCUT2D eigenvalue weighted by molar-refractivity contribution is -0.160. The van der Waals surface area contributed by atoms with Crippen LogP contribution in [-0.2, 0) is 34.0 Å². The molecule has 0 saturated carbocycles. The van der Waals surface area contributed by atoms with E-state index in [9.17, 15) is 24.0 Å². The Morgan fingerprint density at radius 2 is 1.69 bits per heavy atom. The van der Waals surface area contributed by atoms with Gasteiger partial charge in [0.05, 0.1) is 13.2 Å². The van der Waals surface area contributed by atoms with Crippen molar-refractivity contribution < 1.29 is 38.2 Å². The van der Waals surface area contributed by atoms with Gasteiger partial charge in [-0.2, -0.15) is 0 Å². The van der Waals surface area contributed by atoms with E-state index in [-0.39, 0.29) is 19.4 Å². The minimum atomic E-state index is -1.74. The van der Waals surface area contributed by atoms with Crippen molar-refractivity contribution in [1.82, 2.24) is 9.80 Å². The molecule has 1 aliphatic heterocycles. The van der Waals surface area contributed by atoms with E-state index in [2.05, 4.69) is 0 Å². The Hall–Kier alpha value is -3.47. The second-order valence-electron chi connectivity index (χ2n) is 8.04. The topological polar surface area (TPSA) is 146 Å². The number of unbranched alkanes of at least 4 members (excludes halogenated alkanes) is 1. The summed E-state index contributed by atoms with van der Waals surface area (Å²) in [5, 5.41) is 0. The number of hydrogen-bond donors (Lipinski definition) is 1. The standard InChI is InChI=1S/C24H33N3O8/c1-4-7-13-33-15-18(35-22(25)31)14-26-20(29)24(6-3,17-11-9-8-10-12-17)21(30)27(23(26)32)16-34-19(28)5-2/h8-12,18H,4-7,13-16H2,1-3H3,(H2,25,31)/t18-,24-/m1/s1. The Bertz CT molecular complexity index is 923. The average Bonchev–Trinajstić information content (AvgIpc) is 2.85. The van der Waals surface area contributed by atoms with Gasteiger partial charge in [0.1, 0.15) is 6.10 Å². The van der Waals surface area contributed by atoms with E-state index in [0.29, 0.717) is 12.2 Å². The first-order chi connectivity index (χ1) is 16.7. The number of benzene rings is 1. The summed E-state index contributed by atoms with van der Waals surface area (Å²) in [6, 6.07) is 7.34. The lowest BCUT2D eigenvalue weighted by Gasteiger charge is -2.44. The molecule has 1 aromatic rings. The number of rotatable bonds is 13. The quantitative estimate of drug-likeness (QED) is 0.251. The predicted octanol–water partition coefficient (Wildman–Crippen LogP) is 2.32. The first kappa shape index (κ1) is 27.8.